The van der Waals surface area contributed by atoms with E-state index in [2.05, 4.69) is 5.32 Å². The molecule has 0 bridgehead atoms. The van der Waals surface area contributed by atoms with E-state index in [9.17, 15) is 14.7 Å². The number of nitrogens with one attached hydrogen (secondary N) is 1. The molecule has 0 saturated carbocycles. The van der Waals surface area contributed by atoms with Crippen molar-refractivity contribution in [3.8, 4) is 0 Å². The molecule has 6 heteroatoms. The van der Waals surface area contributed by atoms with Gasteiger partial charge in [0.15, 0.2) is 0 Å². The van der Waals surface area contributed by atoms with E-state index in [1.165, 1.54) is 4.90 Å². The van der Waals surface area contributed by atoms with Gasteiger partial charge in [-0.15, -0.1) is 0 Å². The number of hydrogen-bond acceptors (Lipinski definition) is 4. The zero-order chi connectivity index (χ0) is 13.8. The van der Waals surface area contributed by atoms with Crippen LogP contribution in [0.5, 0.6) is 0 Å². The number of aliphatic hydroxyl groups is 1. The normalized spacial score (nSPS) is 22.2. The van der Waals surface area contributed by atoms with Crippen LogP contribution >= 0.6 is 0 Å². The van der Waals surface area contributed by atoms with E-state index in [1.807, 2.05) is 0 Å². The quantitative estimate of drug-likeness (QED) is 0.702. The lowest BCUT2D eigenvalue weighted by Gasteiger charge is -2.24. The number of carbonyl (C=O) groups is 2. The Balaban J connectivity index is 2.18. The summed E-state index contributed by atoms with van der Waals surface area (Å²) in [6, 6.07) is 8.13. The summed E-state index contributed by atoms with van der Waals surface area (Å²) in [5.74, 6) is -1.40. The van der Waals surface area contributed by atoms with Crippen molar-refractivity contribution in [2.45, 2.75) is 18.6 Å². The maximum absolute atomic E-state index is 12.3. The Morgan fingerprint density at radius 1 is 1.32 bits per heavy atom. The zero-order valence-electron chi connectivity index (χ0n) is 10.3. The van der Waals surface area contributed by atoms with E-state index in [0.717, 1.165) is 0 Å². The predicted molar refractivity (Wildman–Crippen MR) is 68.8 cm³/mol. The van der Waals surface area contributed by atoms with Gasteiger partial charge >= 0.3 is 5.97 Å². The Hall–Kier alpha value is -1.92. The van der Waals surface area contributed by atoms with E-state index in [1.54, 1.807) is 30.3 Å². The number of aliphatic hydroxyl groups excluding tert-OH is 1. The summed E-state index contributed by atoms with van der Waals surface area (Å²) in [4.78, 5) is 24.4. The second-order valence-electron chi connectivity index (χ2n) is 4.50. The summed E-state index contributed by atoms with van der Waals surface area (Å²) in [6.07, 6.45) is -0.252. The van der Waals surface area contributed by atoms with Gasteiger partial charge in [-0.3, -0.25) is 14.5 Å². The summed E-state index contributed by atoms with van der Waals surface area (Å²) in [5, 5.41) is 21.3. The minimum Gasteiger partial charge on any atom is -0.480 e. The second kappa shape index (κ2) is 5.81. The third-order valence-corrected chi connectivity index (χ3v) is 3.03. The molecule has 1 saturated heterocycles. The van der Waals surface area contributed by atoms with E-state index in [4.69, 9.17) is 5.11 Å². The first-order valence-corrected chi connectivity index (χ1v) is 6.07. The van der Waals surface area contributed by atoms with Crippen molar-refractivity contribution in [2.75, 3.05) is 18.0 Å². The van der Waals surface area contributed by atoms with Crippen LogP contribution in [0.1, 0.15) is 6.42 Å². The highest BCUT2D eigenvalue weighted by Crippen LogP contribution is 2.17. The predicted octanol–water partition coefficient (Wildman–Crippen LogP) is -0.173. The fraction of sp³-hybridized carbons (Fsp3) is 0.385. The van der Waals surface area contributed by atoms with E-state index < -0.39 is 24.7 Å². The number of rotatable bonds is 4. The van der Waals surface area contributed by atoms with Crippen molar-refractivity contribution in [3.05, 3.63) is 30.3 Å². The molecule has 1 aromatic rings. The van der Waals surface area contributed by atoms with Crippen molar-refractivity contribution in [1.82, 2.24) is 5.32 Å². The molecule has 0 spiro atoms. The van der Waals surface area contributed by atoms with Gasteiger partial charge in [-0.25, -0.2) is 0 Å². The smallest absolute Gasteiger partial charge is 0.323 e. The van der Waals surface area contributed by atoms with Crippen LogP contribution in [0.15, 0.2) is 30.3 Å². The van der Waals surface area contributed by atoms with Crippen LogP contribution in [0.25, 0.3) is 0 Å². The average molecular weight is 264 g/mol. The summed E-state index contributed by atoms with van der Waals surface area (Å²) in [5.41, 5.74) is 0.540. The highest BCUT2D eigenvalue weighted by molar-refractivity contribution is 6.00. The lowest BCUT2D eigenvalue weighted by atomic mass is 10.1. The van der Waals surface area contributed by atoms with Crippen molar-refractivity contribution in [3.63, 3.8) is 0 Å². The number of anilines is 1. The molecule has 0 aromatic heterocycles. The third kappa shape index (κ3) is 3.30. The number of nitrogens with zero attached hydrogens (tertiary/aromatic N) is 1. The maximum Gasteiger partial charge on any atom is 0.323 e. The van der Waals surface area contributed by atoms with E-state index >= 15 is 0 Å². The number of carboxylic acids is 1. The Bertz CT molecular complexity index is 463. The van der Waals surface area contributed by atoms with E-state index in [-0.39, 0.29) is 5.91 Å². The van der Waals surface area contributed by atoms with Gasteiger partial charge in [0.25, 0.3) is 0 Å². The van der Waals surface area contributed by atoms with E-state index in [0.29, 0.717) is 18.7 Å². The number of aliphatic carboxylic acids is 1. The molecule has 2 rings (SSSR count). The van der Waals surface area contributed by atoms with Gasteiger partial charge in [0.2, 0.25) is 5.91 Å². The molecule has 1 aliphatic rings. The molecule has 1 aliphatic heterocycles. The molecule has 1 aromatic carbocycles. The summed E-state index contributed by atoms with van der Waals surface area (Å²) < 4.78 is 0. The fourth-order valence-electron chi connectivity index (χ4n) is 2.13. The average Bonchev–Trinajstić information content (AvgIpc) is 2.83. The van der Waals surface area contributed by atoms with Gasteiger partial charge in [-0.05, 0) is 18.6 Å². The lowest BCUT2D eigenvalue weighted by Crippen LogP contribution is -2.46. The van der Waals surface area contributed by atoms with Crippen LogP contribution in [0.3, 0.4) is 0 Å². The Morgan fingerprint density at radius 2 is 2.00 bits per heavy atom. The van der Waals surface area contributed by atoms with Crippen LogP contribution in [0.2, 0.25) is 0 Å². The molecule has 0 aliphatic carbocycles. The van der Waals surface area contributed by atoms with Crippen LogP contribution in [0.4, 0.5) is 5.69 Å². The first-order valence-electron chi connectivity index (χ1n) is 6.07. The van der Waals surface area contributed by atoms with Crippen LogP contribution in [0, 0.1) is 0 Å². The topological polar surface area (TPSA) is 89.9 Å². The standard InChI is InChI=1S/C13H16N2O4/c16-10-6-11(14-7-10)13(19)15(8-12(17)18)9-4-2-1-3-5-9/h1-5,10-11,14,16H,6-8H2,(H,17,18). The van der Waals surface area contributed by atoms with Gasteiger partial charge in [0.1, 0.15) is 6.54 Å². The highest BCUT2D eigenvalue weighted by atomic mass is 16.4. The molecule has 1 heterocycles. The van der Waals surface area contributed by atoms with Crippen molar-refractivity contribution >= 4 is 17.6 Å². The number of benzene rings is 1. The number of para-hydroxylation sites is 1. The first-order chi connectivity index (χ1) is 9.08. The molecule has 0 radical (unpaired) electrons. The second-order valence-corrected chi connectivity index (χ2v) is 4.50. The minimum absolute atomic E-state index is 0.307. The summed E-state index contributed by atoms with van der Waals surface area (Å²) in [6.45, 7) is -0.0385. The van der Waals surface area contributed by atoms with Crippen molar-refractivity contribution in [2.24, 2.45) is 0 Å². The molecular formula is C13H16N2O4. The summed E-state index contributed by atoms with van der Waals surface area (Å²) in [7, 11) is 0. The van der Waals surface area contributed by atoms with Gasteiger partial charge in [-0.2, -0.15) is 0 Å². The molecule has 1 amide bonds. The van der Waals surface area contributed by atoms with Gasteiger partial charge in [0.05, 0.1) is 12.1 Å². The maximum atomic E-state index is 12.3. The number of β-amino-alcohol motifs (C(OH)–C–C–N with tert-alkyl or cyclic N) is 1. The number of hydrogen-bond donors (Lipinski definition) is 3. The number of carboxylic acid groups (broad SMARTS) is 1. The number of carbonyl (C=O) groups excluding carboxylic acids is 1. The molecule has 2 unspecified atom stereocenters. The molecule has 6 nitrogen and oxygen atoms in total. The molecule has 3 N–H and O–H groups in total. The monoisotopic (exact) mass is 264 g/mol. The van der Waals surface area contributed by atoms with Gasteiger partial charge in [-0.1, -0.05) is 18.2 Å². The van der Waals surface area contributed by atoms with Crippen LogP contribution < -0.4 is 10.2 Å². The van der Waals surface area contributed by atoms with Crippen molar-refractivity contribution < 1.29 is 19.8 Å². The Morgan fingerprint density at radius 3 is 2.53 bits per heavy atom. The Kier molecular flexibility index (Phi) is 4.13. The van der Waals surface area contributed by atoms with Crippen LogP contribution in [-0.2, 0) is 9.59 Å². The van der Waals surface area contributed by atoms with Gasteiger partial charge < -0.3 is 15.5 Å². The molecule has 2 atom stereocenters. The molecule has 102 valence electrons. The van der Waals surface area contributed by atoms with Crippen molar-refractivity contribution in [1.29, 1.82) is 0 Å². The first kappa shape index (κ1) is 13.5. The largest absolute Gasteiger partial charge is 0.480 e. The number of amides is 1. The Labute approximate surface area is 110 Å². The third-order valence-electron chi connectivity index (χ3n) is 3.03. The lowest BCUT2D eigenvalue weighted by molar-refractivity contribution is -0.136. The minimum atomic E-state index is -1.07. The SMILES string of the molecule is O=C(O)CN(C(=O)C1CC(O)CN1)c1ccccc1. The fourth-order valence-corrected chi connectivity index (χ4v) is 2.13. The van der Waals surface area contributed by atoms with Crippen LogP contribution in [-0.4, -0.2) is 47.3 Å². The zero-order valence-corrected chi connectivity index (χ0v) is 10.3. The molecular weight excluding hydrogens is 248 g/mol. The molecule has 19 heavy (non-hydrogen) atoms. The summed E-state index contributed by atoms with van der Waals surface area (Å²) >= 11 is 0. The van der Waals surface area contributed by atoms with Gasteiger partial charge in [0, 0.05) is 12.2 Å². The highest BCUT2D eigenvalue weighted by Gasteiger charge is 2.32. The molecule has 1 fully saturated rings.